The van der Waals surface area contributed by atoms with Gasteiger partial charge in [0.1, 0.15) is 10.7 Å². The van der Waals surface area contributed by atoms with Crippen molar-refractivity contribution in [2.75, 3.05) is 5.32 Å². The largest absolute Gasteiger partial charge is 0.324 e. The average Bonchev–Trinajstić information content (AvgIpc) is 3.12. The predicted octanol–water partition coefficient (Wildman–Crippen LogP) is 2.73. The van der Waals surface area contributed by atoms with Crippen molar-refractivity contribution < 1.29 is 12.8 Å². The number of benzene rings is 1. The predicted molar refractivity (Wildman–Crippen MR) is 79.6 cm³/mol. The lowest BCUT2D eigenvalue weighted by molar-refractivity contribution is 0.480. The summed E-state index contributed by atoms with van der Waals surface area (Å²) in [6.45, 7) is 4.10. The highest BCUT2D eigenvalue weighted by atomic mass is 35.5. The number of guanidine groups is 1. The molecule has 0 radical (unpaired) electrons. The van der Waals surface area contributed by atoms with Crippen molar-refractivity contribution in [3.05, 3.63) is 23.0 Å². The van der Waals surface area contributed by atoms with Gasteiger partial charge in [0.2, 0.25) is 5.96 Å². The van der Waals surface area contributed by atoms with Crippen LogP contribution in [0.5, 0.6) is 0 Å². The van der Waals surface area contributed by atoms with Crippen LogP contribution in [-0.4, -0.2) is 19.9 Å². The van der Waals surface area contributed by atoms with Crippen molar-refractivity contribution >= 4 is 33.3 Å². The second-order valence-electron chi connectivity index (χ2n) is 5.71. The van der Waals surface area contributed by atoms with E-state index in [1.807, 2.05) is 0 Å². The third kappa shape index (κ3) is 2.48. The first-order chi connectivity index (χ1) is 9.73. The van der Waals surface area contributed by atoms with E-state index in [0.29, 0.717) is 5.92 Å². The van der Waals surface area contributed by atoms with Gasteiger partial charge in [-0.1, -0.05) is 25.4 Å². The molecule has 3 rings (SSSR count). The van der Waals surface area contributed by atoms with E-state index in [0.717, 1.165) is 18.9 Å². The van der Waals surface area contributed by atoms with Crippen LogP contribution in [0, 0.1) is 11.7 Å². The molecule has 8 heteroatoms. The Kier molecular flexibility index (Phi) is 3.18. The van der Waals surface area contributed by atoms with Gasteiger partial charge in [-0.25, -0.2) is 22.5 Å². The average molecular weight is 332 g/mol. The lowest BCUT2D eigenvalue weighted by atomic mass is 10.0. The number of hydrogen-bond donors (Lipinski definition) is 2. The van der Waals surface area contributed by atoms with Crippen molar-refractivity contribution in [3.8, 4) is 0 Å². The highest BCUT2D eigenvalue weighted by Gasteiger charge is 2.46. The van der Waals surface area contributed by atoms with Crippen LogP contribution in [0.2, 0.25) is 5.02 Å². The minimum atomic E-state index is -3.84. The van der Waals surface area contributed by atoms with Crippen LogP contribution in [0.4, 0.5) is 10.1 Å². The Labute approximate surface area is 127 Å². The highest BCUT2D eigenvalue weighted by Crippen LogP contribution is 2.46. The second-order valence-corrected chi connectivity index (χ2v) is 7.77. The molecule has 0 amide bonds. The molecule has 1 aromatic carbocycles. The molecule has 1 aliphatic carbocycles. The monoisotopic (exact) mass is 331 g/mol. The fraction of sp³-hybridized carbons (Fsp3) is 0.462. The third-order valence-corrected chi connectivity index (χ3v) is 5.64. The van der Waals surface area contributed by atoms with Crippen LogP contribution in [-0.2, 0) is 10.0 Å². The van der Waals surface area contributed by atoms with E-state index < -0.39 is 15.8 Å². The molecule has 0 spiro atoms. The quantitative estimate of drug-likeness (QED) is 0.875. The molecule has 1 saturated carbocycles. The summed E-state index contributed by atoms with van der Waals surface area (Å²) in [7, 11) is -3.84. The van der Waals surface area contributed by atoms with E-state index in [4.69, 9.17) is 11.6 Å². The molecule has 0 unspecified atom stereocenters. The molecule has 1 fully saturated rings. The van der Waals surface area contributed by atoms with E-state index in [-0.39, 0.29) is 27.1 Å². The van der Waals surface area contributed by atoms with E-state index >= 15 is 0 Å². The molecule has 0 bridgehead atoms. The number of sulfonamides is 1. The number of nitrogens with zero attached hydrogens (tertiary/aromatic N) is 1. The number of fused-ring (bicyclic) bond motifs is 1. The van der Waals surface area contributed by atoms with Gasteiger partial charge in [-0.05, 0) is 30.9 Å². The van der Waals surface area contributed by atoms with Crippen molar-refractivity contribution in [2.24, 2.45) is 10.9 Å². The molecule has 1 aliphatic heterocycles. The first kappa shape index (κ1) is 14.6. The standard InChI is InChI=1S/C13H15ClFN3O2S/c1-7(2)13(3-4-13)17-12-16-10-5-8(14)9(15)6-11(10)21(19,20)18-12/h5-7H,3-4H2,1-2H3,(H2,16,17,18). The minimum absolute atomic E-state index is 0.136. The molecule has 21 heavy (non-hydrogen) atoms. The normalized spacial score (nSPS) is 23.4. The van der Waals surface area contributed by atoms with Crippen molar-refractivity contribution in [2.45, 2.75) is 37.1 Å². The van der Waals surface area contributed by atoms with Crippen molar-refractivity contribution in [3.63, 3.8) is 0 Å². The first-order valence-corrected chi connectivity index (χ1v) is 8.48. The van der Waals surface area contributed by atoms with Crippen molar-refractivity contribution in [1.82, 2.24) is 4.72 Å². The Morgan fingerprint density at radius 2 is 2.05 bits per heavy atom. The fourth-order valence-corrected chi connectivity index (χ4v) is 3.69. The summed E-state index contributed by atoms with van der Waals surface area (Å²) in [4.78, 5) is 4.33. The number of hydrogen-bond acceptors (Lipinski definition) is 3. The van der Waals surface area contributed by atoms with Crippen LogP contribution in [0.3, 0.4) is 0 Å². The molecule has 1 aromatic rings. The molecule has 0 saturated heterocycles. The smallest absolute Gasteiger partial charge is 0.266 e. The maximum absolute atomic E-state index is 13.5. The summed E-state index contributed by atoms with van der Waals surface area (Å²) >= 11 is 5.71. The first-order valence-electron chi connectivity index (χ1n) is 6.62. The Morgan fingerprint density at radius 3 is 2.62 bits per heavy atom. The molecule has 1 heterocycles. The Bertz CT molecular complexity index is 742. The van der Waals surface area contributed by atoms with E-state index in [1.54, 1.807) is 0 Å². The highest BCUT2D eigenvalue weighted by molar-refractivity contribution is 7.90. The van der Waals surface area contributed by atoms with Gasteiger partial charge in [0.25, 0.3) is 10.0 Å². The summed E-state index contributed by atoms with van der Waals surface area (Å²) in [5.74, 6) is -0.297. The zero-order chi connectivity index (χ0) is 15.4. The number of anilines is 1. The summed E-state index contributed by atoms with van der Waals surface area (Å²) in [6.07, 6.45) is 1.85. The van der Waals surface area contributed by atoms with Gasteiger partial charge in [0.05, 0.1) is 16.2 Å². The summed E-state index contributed by atoms with van der Waals surface area (Å²) in [5.41, 5.74) is 0.0186. The lowest BCUT2D eigenvalue weighted by Crippen LogP contribution is -2.42. The maximum Gasteiger partial charge on any atom is 0.266 e. The lowest BCUT2D eigenvalue weighted by Gasteiger charge is -2.24. The summed E-state index contributed by atoms with van der Waals surface area (Å²) in [6, 6.07) is 2.16. The fourth-order valence-electron chi connectivity index (χ4n) is 2.40. The molecule has 0 atom stereocenters. The van der Waals surface area contributed by atoms with Crippen molar-refractivity contribution in [1.29, 1.82) is 0 Å². The maximum atomic E-state index is 13.5. The van der Waals surface area contributed by atoms with Crippen LogP contribution in [0.1, 0.15) is 26.7 Å². The van der Waals surface area contributed by atoms with Crippen LogP contribution in [0.25, 0.3) is 0 Å². The molecular formula is C13H15ClFN3O2S. The van der Waals surface area contributed by atoms with Gasteiger partial charge in [0, 0.05) is 0 Å². The van der Waals surface area contributed by atoms with E-state index in [1.165, 1.54) is 6.07 Å². The van der Waals surface area contributed by atoms with E-state index in [2.05, 4.69) is 28.9 Å². The van der Waals surface area contributed by atoms with Gasteiger partial charge >= 0.3 is 0 Å². The molecular weight excluding hydrogens is 317 g/mol. The van der Waals surface area contributed by atoms with Crippen LogP contribution < -0.4 is 10.0 Å². The number of halogens is 2. The minimum Gasteiger partial charge on any atom is -0.324 e. The molecule has 5 nitrogen and oxygen atoms in total. The number of nitrogens with one attached hydrogen (secondary N) is 2. The van der Waals surface area contributed by atoms with Crippen LogP contribution in [0.15, 0.2) is 22.0 Å². The Hall–Kier alpha value is -1.34. The van der Waals surface area contributed by atoms with Crippen LogP contribution >= 0.6 is 11.6 Å². The van der Waals surface area contributed by atoms with E-state index in [9.17, 15) is 12.8 Å². The second kappa shape index (κ2) is 4.58. The molecule has 2 aliphatic rings. The molecule has 2 N–H and O–H groups in total. The zero-order valence-electron chi connectivity index (χ0n) is 11.6. The third-order valence-electron chi connectivity index (χ3n) is 3.97. The van der Waals surface area contributed by atoms with Gasteiger partial charge in [-0.2, -0.15) is 0 Å². The number of aliphatic imine (C=N–C) groups is 1. The number of rotatable bonds is 2. The van der Waals surface area contributed by atoms with Gasteiger partial charge < -0.3 is 5.32 Å². The molecule has 0 aromatic heterocycles. The summed E-state index contributed by atoms with van der Waals surface area (Å²) < 4.78 is 40.2. The van der Waals surface area contributed by atoms with Gasteiger partial charge in [0.15, 0.2) is 0 Å². The Morgan fingerprint density at radius 1 is 1.38 bits per heavy atom. The molecule has 114 valence electrons. The summed E-state index contributed by atoms with van der Waals surface area (Å²) in [5, 5.41) is 2.74. The van der Waals surface area contributed by atoms with Gasteiger partial charge in [-0.15, -0.1) is 0 Å². The zero-order valence-corrected chi connectivity index (χ0v) is 13.1. The SMILES string of the molecule is CC(C)C1(N=C2Nc3cc(Cl)c(F)cc3S(=O)(=O)N2)CC1. The topological polar surface area (TPSA) is 70.6 Å². The Balaban J connectivity index is 2.04. The van der Waals surface area contributed by atoms with Gasteiger partial charge in [-0.3, -0.25) is 0 Å².